The average molecular weight is 352 g/mol. The number of esters is 1. The van der Waals surface area contributed by atoms with E-state index in [4.69, 9.17) is 9.84 Å². The summed E-state index contributed by atoms with van der Waals surface area (Å²) in [5.41, 5.74) is 0. The summed E-state index contributed by atoms with van der Waals surface area (Å²) in [5.74, 6) is -0.197. The van der Waals surface area contributed by atoms with Crippen LogP contribution in [-0.2, 0) is 9.53 Å². The van der Waals surface area contributed by atoms with Crippen molar-refractivity contribution in [3.63, 3.8) is 0 Å². The molecule has 0 aliphatic heterocycles. The molecule has 2 N–H and O–H groups in total. The van der Waals surface area contributed by atoms with E-state index < -0.39 is 0 Å². The van der Waals surface area contributed by atoms with Crippen LogP contribution in [0.5, 0.6) is 0 Å². The summed E-state index contributed by atoms with van der Waals surface area (Å²) in [7, 11) is 0. The predicted molar refractivity (Wildman–Crippen MR) is 100 cm³/mol. The normalized spacial score (nSPS) is 11.8. The van der Waals surface area contributed by atoms with E-state index in [2.05, 4.69) is 6.92 Å². The Kier molecular flexibility index (Phi) is 24.0. The fourth-order valence-electron chi connectivity index (χ4n) is 2.89. The molecule has 0 fully saturated rings. The van der Waals surface area contributed by atoms with Crippen molar-refractivity contribution in [3.05, 3.63) is 0 Å². The molecule has 4 nitrogen and oxygen atoms in total. The Balaban J connectivity index is -0.00000264. The van der Waals surface area contributed by atoms with Gasteiger partial charge in [-0.05, 0) is 19.3 Å². The molecule has 1 atom stereocenters. The van der Waals surface area contributed by atoms with Gasteiger partial charge in [0.15, 0.2) is 0 Å². The first-order chi connectivity index (χ1) is 11.7. The maximum Gasteiger partial charge on any atom is 1.00 e. The van der Waals surface area contributed by atoms with Crippen LogP contribution < -0.4 is 18.9 Å². The smallest absolute Gasteiger partial charge is 1.00 e. The van der Waals surface area contributed by atoms with Crippen molar-refractivity contribution >= 4 is 5.97 Å². The van der Waals surface area contributed by atoms with Gasteiger partial charge in [0.25, 0.3) is 0 Å². The molecule has 1 unspecified atom stereocenters. The first-order valence-corrected chi connectivity index (χ1v) is 10.1. The van der Waals surface area contributed by atoms with Crippen LogP contribution in [0.4, 0.5) is 0 Å². The number of aliphatic hydroxyl groups is 2. The molecular formula is C20H41LiO4. The van der Waals surface area contributed by atoms with E-state index in [1.807, 2.05) is 0 Å². The first-order valence-electron chi connectivity index (χ1n) is 10.1. The molecule has 0 heterocycles. The molecule has 0 radical (unpaired) electrons. The third-order valence-electron chi connectivity index (χ3n) is 4.41. The standard InChI is InChI=1S/C20H40O4.Li.H/c1-2-3-4-11-14-19(22)15-12-9-7-5-6-8-10-13-16-20(23)24-18-17-21;;/h19,21-22H,2-18H2,1H3;;/q;+1;-1. The van der Waals surface area contributed by atoms with Gasteiger partial charge in [0.2, 0.25) is 0 Å². The van der Waals surface area contributed by atoms with Gasteiger partial charge in [0.05, 0.1) is 12.7 Å². The molecular weight excluding hydrogens is 311 g/mol. The van der Waals surface area contributed by atoms with E-state index in [-0.39, 0.29) is 45.6 Å². The van der Waals surface area contributed by atoms with Crippen LogP contribution in [0.3, 0.4) is 0 Å². The van der Waals surface area contributed by atoms with E-state index in [1.54, 1.807) is 0 Å². The molecule has 0 aromatic carbocycles. The Bertz CT molecular complexity index is 281. The number of unbranched alkanes of at least 4 members (excludes halogenated alkanes) is 10. The molecule has 25 heavy (non-hydrogen) atoms. The van der Waals surface area contributed by atoms with Gasteiger partial charge < -0.3 is 16.4 Å². The summed E-state index contributed by atoms with van der Waals surface area (Å²) >= 11 is 0. The zero-order chi connectivity index (χ0) is 17.9. The molecule has 146 valence electrons. The molecule has 0 rings (SSSR count). The van der Waals surface area contributed by atoms with Crippen LogP contribution >= 0.6 is 0 Å². The van der Waals surface area contributed by atoms with Gasteiger partial charge in [0.1, 0.15) is 6.61 Å². The molecule has 0 spiro atoms. The molecule has 0 saturated carbocycles. The Morgan fingerprint density at radius 1 is 0.880 bits per heavy atom. The Morgan fingerprint density at radius 2 is 1.36 bits per heavy atom. The van der Waals surface area contributed by atoms with Crippen molar-refractivity contribution in [1.82, 2.24) is 0 Å². The maximum absolute atomic E-state index is 11.2. The van der Waals surface area contributed by atoms with Gasteiger partial charge in [-0.2, -0.15) is 0 Å². The van der Waals surface area contributed by atoms with E-state index in [1.165, 1.54) is 57.8 Å². The molecule has 5 heteroatoms. The Morgan fingerprint density at radius 3 is 1.88 bits per heavy atom. The zero-order valence-corrected chi connectivity index (χ0v) is 16.8. The van der Waals surface area contributed by atoms with Gasteiger partial charge in [-0.1, -0.05) is 77.6 Å². The molecule has 0 aromatic heterocycles. The average Bonchev–Trinajstić information content (AvgIpc) is 2.58. The topological polar surface area (TPSA) is 66.8 Å². The second kappa shape index (κ2) is 22.0. The molecule has 0 saturated heterocycles. The minimum atomic E-state index is -0.197. The Labute approximate surface area is 168 Å². The summed E-state index contributed by atoms with van der Waals surface area (Å²) in [6.45, 7) is 2.23. The van der Waals surface area contributed by atoms with Crippen molar-refractivity contribution in [1.29, 1.82) is 0 Å². The fraction of sp³-hybridized carbons (Fsp3) is 0.950. The molecule has 0 amide bonds. The number of ether oxygens (including phenoxy) is 1. The minimum absolute atomic E-state index is 0. The first kappa shape index (κ1) is 27.2. The SMILES string of the molecule is CCCCCCC(O)CCCCCCCCCCC(=O)OCCO.[H-].[Li+]. The van der Waals surface area contributed by atoms with Crippen molar-refractivity contribution in [2.45, 2.75) is 109 Å². The summed E-state index contributed by atoms with van der Waals surface area (Å²) in [6.07, 6.45) is 16.5. The van der Waals surface area contributed by atoms with Gasteiger partial charge in [-0.25, -0.2) is 0 Å². The van der Waals surface area contributed by atoms with E-state index in [0.29, 0.717) is 6.42 Å². The summed E-state index contributed by atoms with van der Waals surface area (Å²) in [5, 5.41) is 18.4. The minimum Gasteiger partial charge on any atom is -1.00 e. The summed E-state index contributed by atoms with van der Waals surface area (Å²) in [6, 6.07) is 0. The number of rotatable bonds is 18. The molecule has 0 aromatic rings. The van der Waals surface area contributed by atoms with Crippen LogP contribution in [0.1, 0.15) is 105 Å². The van der Waals surface area contributed by atoms with Crippen molar-refractivity contribution in [3.8, 4) is 0 Å². The monoisotopic (exact) mass is 352 g/mol. The van der Waals surface area contributed by atoms with Crippen LogP contribution in [0, 0.1) is 0 Å². The van der Waals surface area contributed by atoms with Crippen LogP contribution in [-0.4, -0.2) is 35.5 Å². The van der Waals surface area contributed by atoms with Gasteiger partial charge in [0, 0.05) is 6.42 Å². The van der Waals surface area contributed by atoms with Crippen LogP contribution in [0.15, 0.2) is 0 Å². The van der Waals surface area contributed by atoms with Gasteiger partial charge in [-0.3, -0.25) is 4.79 Å². The molecule has 0 aliphatic rings. The largest absolute Gasteiger partial charge is 1.00 e. The summed E-state index contributed by atoms with van der Waals surface area (Å²) in [4.78, 5) is 11.2. The maximum atomic E-state index is 11.2. The van der Waals surface area contributed by atoms with E-state index >= 15 is 0 Å². The van der Waals surface area contributed by atoms with Crippen molar-refractivity contribution in [2.24, 2.45) is 0 Å². The quantitative estimate of drug-likeness (QED) is 0.225. The van der Waals surface area contributed by atoms with E-state index in [9.17, 15) is 9.90 Å². The van der Waals surface area contributed by atoms with Gasteiger partial charge in [-0.15, -0.1) is 0 Å². The number of carbonyl (C=O) groups is 1. The summed E-state index contributed by atoms with van der Waals surface area (Å²) < 4.78 is 4.81. The third-order valence-corrected chi connectivity index (χ3v) is 4.41. The predicted octanol–water partition coefficient (Wildman–Crippen LogP) is 1.87. The van der Waals surface area contributed by atoms with Crippen LogP contribution in [0.25, 0.3) is 0 Å². The number of hydrogen-bond donors (Lipinski definition) is 2. The second-order valence-corrected chi connectivity index (χ2v) is 6.81. The zero-order valence-electron chi connectivity index (χ0n) is 17.8. The molecule has 0 bridgehead atoms. The van der Waals surface area contributed by atoms with Crippen molar-refractivity contribution < 1.29 is 40.0 Å². The molecule has 0 aliphatic carbocycles. The van der Waals surface area contributed by atoms with Gasteiger partial charge >= 0.3 is 24.8 Å². The van der Waals surface area contributed by atoms with E-state index in [0.717, 1.165) is 32.1 Å². The number of aliphatic hydroxyl groups excluding tert-OH is 2. The fourth-order valence-corrected chi connectivity index (χ4v) is 2.89. The van der Waals surface area contributed by atoms with Crippen LogP contribution in [0.2, 0.25) is 0 Å². The number of carbonyl (C=O) groups excluding carboxylic acids is 1. The third kappa shape index (κ3) is 21.9. The van der Waals surface area contributed by atoms with Crippen molar-refractivity contribution in [2.75, 3.05) is 13.2 Å². The second-order valence-electron chi connectivity index (χ2n) is 6.81. The Hall–Kier alpha value is -0.0126. The number of hydrogen-bond acceptors (Lipinski definition) is 4.